The molecule has 1 amide bonds. The van der Waals surface area contributed by atoms with Crippen LogP contribution in [-0.2, 0) is 14.2 Å². The van der Waals surface area contributed by atoms with Crippen LogP contribution in [0.1, 0.15) is 34.6 Å². The van der Waals surface area contributed by atoms with E-state index in [0.717, 1.165) is 0 Å². The summed E-state index contributed by atoms with van der Waals surface area (Å²) in [6.45, 7) is 13.6. The first-order valence-corrected chi connectivity index (χ1v) is 6.61. The Morgan fingerprint density at radius 2 is 2.05 bits per heavy atom. The van der Waals surface area contributed by atoms with Gasteiger partial charge in [0.2, 0.25) is 0 Å². The van der Waals surface area contributed by atoms with Gasteiger partial charge in [0.1, 0.15) is 17.8 Å². The molecule has 2 aliphatic rings. The summed E-state index contributed by atoms with van der Waals surface area (Å²) in [5.74, 6) is -0.601. The molecule has 2 fully saturated rings. The van der Waals surface area contributed by atoms with E-state index in [-0.39, 0.29) is 24.3 Å². The second kappa shape index (κ2) is 4.49. The highest BCUT2D eigenvalue weighted by Gasteiger charge is 2.53. The number of likely N-dealkylation sites (tertiary alicyclic amines) is 1. The van der Waals surface area contributed by atoms with Crippen molar-refractivity contribution in [3.8, 4) is 0 Å². The first-order chi connectivity index (χ1) is 8.63. The predicted octanol–water partition coefficient (Wildman–Crippen LogP) is 2.31. The maximum atomic E-state index is 12.2. The summed E-state index contributed by atoms with van der Waals surface area (Å²) < 4.78 is 17.0. The number of hydrogen-bond donors (Lipinski definition) is 0. The molecule has 5 heteroatoms. The van der Waals surface area contributed by atoms with Gasteiger partial charge in [-0.3, -0.25) is 4.90 Å². The van der Waals surface area contributed by atoms with Gasteiger partial charge in [-0.2, -0.15) is 0 Å². The van der Waals surface area contributed by atoms with Crippen molar-refractivity contribution in [2.24, 2.45) is 0 Å². The second-order valence-corrected chi connectivity index (χ2v) is 6.50. The lowest BCUT2D eigenvalue weighted by molar-refractivity contribution is -0.158. The van der Waals surface area contributed by atoms with E-state index in [1.165, 1.54) is 0 Å². The van der Waals surface area contributed by atoms with Crippen LogP contribution in [0.15, 0.2) is 12.7 Å². The van der Waals surface area contributed by atoms with Gasteiger partial charge in [-0.1, -0.05) is 6.08 Å². The van der Waals surface area contributed by atoms with Crippen LogP contribution in [0.4, 0.5) is 4.79 Å². The SMILES string of the molecule is C=C[C@@H]1[C@H]2OC(C)(C)O[C@H]2CN1C(=O)OC(C)(C)C. The summed E-state index contributed by atoms with van der Waals surface area (Å²) in [5, 5.41) is 0. The van der Waals surface area contributed by atoms with E-state index in [1.807, 2.05) is 34.6 Å². The quantitative estimate of drug-likeness (QED) is 0.685. The summed E-state index contributed by atoms with van der Waals surface area (Å²) in [5.41, 5.74) is -0.512. The summed E-state index contributed by atoms with van der Waals surface area (Å²) in [6, 6.07) is -0.207. The molecule has 2 saturated heterocycles. The topological polar surface area (TPSA) is 48.0 Å². The second-order valence-electron chi connectivity index (χ2n) is 6.50. The normalized spacial score (nSPS) is 33.1. The van der Waals surface area contributed by atoms with Gasteiger partial charge in [0.25, 0.3) is 0 Å². The monoisotopic (exact) mass is 269 g/mol. The van der Waals surface area contributed by atoms with E-state index in [4.69, 9.17) is 14.2 Å². The highest BCUT2D eigenvalue weighted by molar-refractivity contribution is 5.69. The minimum absolute atomic E-state index is 0.120. The van der Waals surface area contributed by atoms with Crippen LogP contribution in [0, 0.1) is 0 Å². The van der Waals surface area contributed by atoms with Gasteiger partial charge in [0.15, 0.2) is 5.79 Å². The Labute approximate surface area is 114 Å². The average Bonchev–Trinajstić information content (AvgIpc) is 2.66. The first-order valence-electron chi connectivity index (χ1n) is 6.61. The molecule has 0 unspecified atom stereocenters. The molecule has 2 aliphatic heterocycles. The van der Waals surface area contributed by atoms with Gasteiger partial charge >= 0.3 is 6.09 Å². The number of ether oxygens (including phenoxy) is 3. The van der Waals surface area contributed by atoms with Crippen LogP contribution in [0.2, 0.25) is 0 Å². The van der Waals surface area contributed by atoms with Crippen molar-refractivity contribution in [1.82, 2.24) is 4.90 Å². The molecule has 2 rings (SSSR count). The molecule has 0 aliphatic carbocycles. The lowest BCUT2D eigenvalue weighted by atomic mass is 10.1. The molecule has 0 aromatic heterocycles. The molecule has 19 heavy (non-hydrogen) atoms. The predicted molar refractivity (Wildman–Crippen MR) is 70.8 cm³/mol. The number of rotatable bonds is 1. The fourth-order valence-electron chi connectivity index (χ4n) is 2.56. The van der Waals surface area contributed by atoms with E-state index in [9.17, 15) is 4.79 Å². The van der Waals surface area contributed by atoms with Crippen molar-refractivity contribution in [1.29, 1.82) is 0 Å². The van der Waals surface area contributed by atoms with Crippen LogP contribution in [-0.4, -0.2) is 47.2 Å². The van der Waals surface area contributed by atoms with E-state index >= 15 is 0 Å². The molecule has 0 radical (unpaired) electrons. The van der Waals surface area contributed by atoms with Gasteiger partial charge in [-0.15, -0.1) is 6.58 Å². The third-order valence-corrected chi connectivity index (χ3v) is 3.16. The Balaban J connectivity index is 2.10. The molecule has 0 aromatic rings. The molecule has 0 spiro atoms. The third kappa shape index (κ3) is 2.92. The van der Waals surface area contributed by atoms with Crippen LogP contribution in [0.3, 0.4) is 0 Å². The first kappa shape index (κ1) is 14.3. The molecule has 0 saturated carbocycles. The summed E-state index contributed by atoms with van der Waals surface area (Å²) >= 11 is 0. The number of amides is 1. The van der Waals surface area contributed by atoms with E-state index in [0.29, 0.717) is 6.54 Å². The summed E-state index contributed by atoms with van der Waals surface area (Å²) in [7, 11) is 0. The Morgan fingerprint density at radius 3 is 2.58 bits per heavy atom. The molecule has 2 heterocycles. The molecule has 0 bridgehead atoms. The molecule has 108 valence electrons. The zero-order valence-corrected chi connectivity index (χ0v) is 12.3. The van der Waals surface area contributed by atoms with Crippen molar-refractivity contribution >= 4 is 6.09 Å². The van der Waals surface area contributed by atoms with E-state index in [2.05, 4.69) is 6.58 Å². The van der Waals surface area contributed by atoms with E-state index in [1.54, 1.807) is 11.0 Å². The van der Waals surface area contributed by atoms with Crippen LogP contribution >= 0.6 is 0 Å². The Hall–Kier alpha value is -1.07. The van der Waals surface area contributed by atoms with Gasteiger partial charge < -0.3 is 14.2 Å². The third-order valence-electron chi connectivity index (χ3n) is 3.16. The fraction of sp³-hybridized carbons (Fsp3) is 0.786. The summed E-state index contributed by atoms with van der Waals surface area (Å²) in [4.78, 5) is 13.8. The van der Waals surface area contributed by atoms with Crippen molar-refractivity contribution in [2.75, 3.05) is 6.54 Å². The minimum Gasteiger partial charge on any atom is -0.444 e. The van der Waals surface area contributed by atoms with E-state index < -0.39 is 11.4 Å². The largest absolute Gasteiger partial charge is 0.444 e. The maximum absolute atomic E-state index is 12.2. The molecular formula is C14H23NO4. The summed E-state index contributed by atoms with van der Waals surface area (Å²) in [6.07, 6.45) is 1.08. The van der Waals surface area contributed by atoms with Crippen molar-refractivity contribution in [2.45, 2.75) is 64.3 Å². The van der Waals surface area contributed by atoms with Crippen LogP contribution in [0.5, 0.6) is 0 Å². The molecule has 0 aromatic carbocycles. The number of nitrogens with zero attached hydrogens (tertiary/aromatic N) is 1. The van der Waals surface area contributed by atoms with Gasteiger partial charge in [-0.05, 0) is 34.6 Å². The highest BCUT2D eigenvalue weighted by atomic mass is 16.8. The van der Waals surface area contributed by atoms with Crippen molar-refractivity contribution in [3.63, 3.8) is 0 Å². The van der Waals surface area contributed by atoms with Crippen LogP contribution < -0.4 is 0 Å². The number of hydrogen-bond acceptors (Lipinski definition) is 4. The molecule has 5 nitrogen and oxygen atoms in total. The Kier molecular flexibility index (Phi) is 3.39. The lowest BCUT2D eigenvalue weighted by Gasteiger charge is -2.30. The van der Waals surface area contributed by atoms with Gasteiger partial charge in [0, 0.05) is 0 Å². The number of carbonyl (C=O) groups excluding carboxylic acids is 1. The smallest absolute Gasteiger partial charge is 0.410 e. The van der Waals surface area contributed by atoms with Crippen LogP contribution in [0.25, 0.3) is 0 Å². The Bertz CT molecular complexity index is 385. The Morgan fingerprint density at radius 1 is 1.42 bits per heavy atom. The fourth-order valence-corrected chi connectivity index (χ4v) is 2.56. The number of carbonyl (C=O) groups is 1. The lowest BCUT2D eigenvalue weighted by Crippen LogP contribution is -2.43. The molecule has 0 N–H and O–H groups in total. The average molecular weight is 269 g/mol. The zero-order valence-electron chi connectivity index (χ0n) is 12.3. The van der Waals surface area contributed by atoms with Crippen molar-refractivity contribution < 1.29 is 19.0 Å². The maximum Gasteiger partial charge on any atom is 0.410 e. The number of fused-ring (bicyclic) bond motifs is 1. The molecule has 3 atom stereocenters. The van der Waals surface area contributed by atoms with Crippen molar-refractivity contribution in [3.05, 3.63) is 12.7 Å². The minimum atomic E-state index is -0.601. The van der Waals surface area contributed by atoms with Gasteiger partial charge in [-0.25, -0.2) is 4.79 Å². The molecular weight excluding hydrogens is 246 g/mol. The zero-order chi connectivity index (χ0) is 14.4. The standard InChI is InChI=1S/C14H23NO4/c1-7-9-11-10(17-14(5,6)18-11)8-15(9)12(16)19-13(2,3)4/h7,9-11H,1,8H2,2-6H3/t9-,10+,11-/m1/s1. The highest BCUT2D eigenvalue weighted by Crippen LogP contribution is 2.37. The van der Waals surface area contributed by atoms with Gasteiger partial charge in [0.05, 0.1) is 12.6 Å².